The molecule has 2 nitrogen and oxygen atoms in total. The second kappa shape index (κ2) is 6.05. The first-order valence-corrected chi connectivity index (χ1v) is 6.18. The summed E-state index contributed by atoms with van der Waals surface area (Å²) in [5, 5.41) is 0. The van der Waals surface area contributed by atoms with Gasteiger partial charge in [0.1, 0.15) is 17.9 Å². The van der Waals surface area contributed by atoms with Crippen LogP contribution in [0.3, 0.4) is 0 Å². The van der Waals surface area contributed by atoms with E-state index in [0.717, 1.165) is 25.2 Å². The van der Waals surface area contributed by atoms with Gasteiger partial charge >= 0.3 is 0 Å². The van der Waals surface area contributed by atoms with Gasteiger partial charge in [0.15, 0.2) is 0 Å². The van der Waals surface area contributed by atoms with E-state index in [4.69, 9.17) is 4.74 Å². The first-order valence-electron chi connectivity index (χ1n) is 6.18. The van der Waals surface area contributed by atoms with Crippen molar-refractivity contribution in [1.29, 1.82) is 0 Å². The lowest BCUT2D eigenvalue weighted by Crippen LogP contribution is -2.22. The van der Waals surface area contributed by atoms with Crippen molar-refractivity contribution in [2.75, 3.05) is 13.2 Å². The van der Waals surface area contributed by atoms with Gasteiger partial charge in [0.05, 0.1) is 0 Å². The van der Waals surface area contributed by atoms with Crippen molar-refractivity contribution >= 4 is 6.29 Å². The number of hydrogen-bond acceptors (Lipinski definition) is 2. The number of benzene rings is 1. The fourth-order valence-electron chi connectivity index (χ4n) is 2.61. The smallest absolute Gasteiger partial charge is 0.126 e. The minimum absolute atomic E-state index is 0.114. The van der Waals surface area contributed by atoms with Crippen LogP contribution in [0.2, 0.25) is 0 Å². The zero-order chi connectivity index (χ0) is 13.0. The third kappa shape index (κ3) is 3.13. The largest absolute Gasteiger partial charge is 0.381 e. The average Bonchev–Trinajstić information content (AvgIpc) is 2.36. The van der Waals surface area contributed by atoms with Crippen LogP contribution in [0.15, 0.2) is 18.2 Å². The minimum atomic E-state index is -0.590. The van der Waals surface area contributed by atoms with Crippen LogP contribution in [0.25, 0.3) is 0 Å². The van der Waals surface area contributed by atoms with Crippen LogP contribution in [0, 0.1) is 17.6 Å². The number of carbonyl (C=O) groups excluding carboxylic acids is 1. The van der Waals surface area contributed by atoms with E-state index in [-0.39, 0.29) is 11.8 Å². The lowest BCUT2D eigenvalue weighted by molar-refractivity contribution is -0.108. The molecule has 1 aliphatic rings. The Labute approximate surface area is 105 Å². The van der Waals surface area contributed by atoms with Crippen molar-refractivity contribution < 1.29 is 18.3 Å². The Hall–Kier alpha value is -1.29. The number of hydrogen-bond donors (Lipinski definition) is 0. The Bertz CT molecular complexity index is 394. The molecule has 0 N–H and O–H groups in total. The van der Waals surface area contributed by atoms with E-state index >= 15 is 0 Å². The minimum Gasteiger partial charge on any atom is -0.381 e. The molecule has 0 saturated carbocycles. The topological polar surface area (TPSA) is 26.3 Å². The summed E-state index contributed by atoms with van der Waals surface area (Å²) in [6.45, 7) is 1.30. The van der Waals surface area contributed by atoms with Crippen molar-refractivity contribution in [1.82, 2.24) is 0 Å². The number of carbonyl (C=O) groups is 1. The van der Waals surface area contributed by atoms with E-state index in [1.807, 2.05) is 0 Å². The lowest BCUT2D eigenvalue weighted by atomic mass is 9.79. The number of halogens is 2. The molecular weight excluding hydrogens is 238 g/mol. The molecule has 4 heteroatoms. The fourth-order valence-corrected chi connectivity index (χ4v) is 2.61. The van der Waals surface area contributed by atoms with Crippen LogP contribution >= 0.6 is 0 Å². The number of aldehydes is 1. The summed E-state index contributed by atoms with van der Waals surface area (Å²) in [6, 6.07) is 3.50. The van der Waals surface area contributed by atoms with Gasteiger partial charge in [-0.15, -0.1) is 0 Å². The third-order valence-electron chi connectivity index (χ3n) is 3.50. The average molecular weight is 254 g/mol. The van der Waals surface area contributed by atoms with Crippen LogP contribution in [0.1, 0.15) is 30.7 Å². The summed E-state index contributed by atoms with van der Waals surface area (Å²) >= 11 is 0. The second-order valence-electron chi connectivity index (χ2n) is 4.66. The zero-order valence-corrected chi connectivity index (χ0v) is 10.1. The molecular formula is C14H16F2O2. The monoisotopic (exact) mass is 254 g/mol. The van der Waals surface area contributed by atoms with Crippen molar-refractivity contribution in [2.45, 2.75) is 25.2 Å². The molecule has 1 fully saturated rings. The molecule has 1 heterocycles. The highest BCUT2D eigenvalue weighted by Crippen LogP contribution is 2.34. The molecule has 0 aromatic heterocycles. The predicted octanol–water partition coefficient (Wildman–Crippen LogP) is 3.06. The highest BCUT2D eigenvalue weighted by molar-refractivity contribution is 5.52. The maximum absolute atomic E-state index is 13.2. The molecule has 18 heavy (non-hydrogen) atoms. The molecule has 1 atom stereocenters. The molecule has 0 aliphatic carbocycles. The Kier molecular flexibility index (Phi) is 4.42. The van der Waals surface area contributed by atoms with Crippen molar-refractivity contribution in [3.63, 3.8) is 0 Å². The van der Waals surface area contributed by atoms with E-state index in [1.165, 1.54) is 12.1 Å². The Morgan fingerprint density at radius 3 is 2.39 bits per heavy atom. The molecule has 1 aliphatic heterocycles. The maximum Gasteiger partial charge on any atom is 0.126 e. The molecule has 1 aromatic rings. The standard InChI is InChI=1S/C14H16F2O2/c15-12-7-11(8-13(16)9-12)14(1-4-17)10-2-5-18-6-3-10/h4,7-10,14H,1-3,5-6H2/t14-/m1/s1. The normalized spacial score (nSPS) is 18.6. The van der Waals surface area contributed by atoms with E-state index in [9.17, 15) is 13.6 Å². The molecule has 0 spiro atoms. The van der Waals surface area contributed by atoms with Crippen LogP contribution in [-0.2, 0) is 9.53 Å². The summed E-state index contributed by atoms with van der Waals surface area (Å²) in [5.74, 6) is -1.04. The van der Waals surface area contributed by atoms with Crippen molar-refractivity contribution in [3.05, 3.63) is 35.4 Å². The fraction of sp³-hybridized carbons (Fsp3) is 0.500. The van der Waals surface area contributed by atoms with Gasteiger partial charge in [-0.1, -0.05) is 0 Å². The Morgan fingerprint density at radius 1 is 1.22 bits per heavy atom. The highest BCUT2D eigenvalue weighted by atomic mass is 19.1. The van der Waals surface area contributed by atoms with Crippen molar-refractivity contribution in [3.8, 4) is 0 Å². The molecule has 2 rings (SSSR count). The second-order valence-corrected chi connectivity index (χ2v) is 4.66. The molecule has 0 amide bonds. The molecule has 0 radical (unpaired) electrons. The van der Waals surface area contributed by atoms with E-state index in [2.05, 4.69) is 0 Å². The van der Waals surface area contributed by atoms with Crippen LogP contribution in [0.4, 0.5) is 8.78 Å². The van der Waals surface area contributed by atoms with Gasteiger partial charge < -0.3 is 9.53 Å². The molecule has 98 valence electrons. The maximum atomic E-state index is 13.2. The van der Waals surface area contributed by atoms with Crippen LogP contribution in [0.5, 0.6) is 0 Å². The third-order valence-corrected chi connectivity index (χ3v) is 3.50. The van der Waals surface area contributed by atoms with E-state index in [0.29, 0.717) is 25.2 Å². The summed E-state index contributed by atoms with van der Waals surface area (Å²) in [7, 11) is 0. The van der Waals surface area contributed by atoms with Gasteiger partial charge in [-0.05, 0) is 42.4 Å². The lowest BCUT2D eigenvalue weighted by Gasteiger charge is -2.29. The molecule has 1 saturated heterocycles. The Morgan fingerprint density at radius 2 is 1.83 bits per heavy atom. The summed E-state index contributed by atoms with van der Waals surface area (Å²) < 4.78 is 31.8. The molecule has 1 aromatic carbocycles. The highest BCUT2D eigenvalue weighted by Gasteiger charge is 2.25. The SMILES string of the molecule is O=CC[C@@H](c1cc(F)cc(F)c1)C1CCOCC1. The number of rotatable bonds is 4. The summed E-state index contributed by atoms with van der Waals surface area (Å²) in [5.41, 5.74) is 0.575. The molecule has 0 bridgehead atoms. The van der Waals surface area contributed by atoms with Gasteiger partial charge in [-0.2, -0.15) is 0 Å². The van der Waals surface area contributed by atoms with E-state index in [1.54, 1.807) is 0 Å². The van der Waals surface area contributed by atoms with Gasteiger partial charge in [0.25, 0.3) is 0 Å². The predicted molar refractivity (Wildman–Crippen MR) is 63.3 cm³/mol. The van der Waals surface area contributed by atoms with Gasteiger partial charge in [-0.25, -0.2) is 8.78 Å². The first-order chi connectivity index (χ1) is 8.70. The number of ether oxygens (including phenoxy) is 1. The van der Waals surface area contributed by atoms with Gasteiger partial charge in [0, 0.05) is 25.7 Å². The summed E-state index contributed by atoms with van der Waals surface area (Å²) in [4.78, 5) is 10.8. The Balaban J connectivity index is 2.24. The zero-order valence-electron chi connectivity index (χ0n) is 10.1. The van der Waals surface area contributed by atoms with Crippen LogP contribution in [-0.4, -0.2) is 19.5 Å². The van der Waals surface area contributed by atoms with Gasteiger partial charge in [0.2, 0.25) is 0 Å². The van der Waals surface area contributed by atoms with Gasteiger partial charge in [-0.3, -0.25) is 0 Å². The van der Waals surface area contributed by atoms with E-state index < -0.39 is 11.6 Å². The van der Waals surface area contributed by atoms with Crippen LogP contribution < -0.4 is 0 Å². The first kappa shape index (κ1) is 13.1. The molecule has 0 unspecified atom stereocenters. The quantitative estimate of drug-likeness (QED) is 0.772. The summed E-state index contributed by atoms with van der Waals surface area (Å²) in [6.07, 6.45) is 2.78. The van der Waals surface area contributed by atoms with Crippen molar-refractivity contribution in [2.24, 2.45) is 5.92 Å².